The molecular formula is C15H24FNO. The molecule has 0 spiro atoms. The first-order chi connectivity index (χ1) is 8.43. The van der Waals surface area contributed by atoms with Crippen LogP contribution in [-0.2, 0) is 0 Å². The van der Waals surface area contributed by atoms with Gasteiger partial charge in [-0.05, 0) is 32.4 Å². The summed E-state index contributed by atoms with van der Waals surface area (Å²) in [4.78, 5) is 2.20. The summed E-state index contributed by atoms with van der Waals surface area (Å²) in [7, 11) is 2.04. The SMILES string of the molecule is CC(C)C(C)N(C)CCC(O)c1ccccc1F. The molecule has 2 unspecified atom stereocenters. The van der Waals surface area contributed by atoms with Gasteiger partial charge < -0.3 is 10.0 Å². The van der Waals surface area contributed by atoms with Crippen LogP contribution >= 0.6 is 0 Å². The van der Waals surface area contributed by atoms with Crippen molar-refractivity contribution in [1.29, 1.82) is 0 Å². The van der Waals surface area contributed by atoms with Crippen LogP contribution < -0.4 is 0 Å². The molecule has 102 valence electrons. The largest absolute Gasteiger partial charge is 0.388 e. The molecule has 0 radical (unpaired) electrons. The Morgan fingerprint density at radius 3 is 2.39 bits per heavy atom. The highest BCUT2D eigenvalue weighted by Gasteiger charge is 2.16. The lowest BCUT2D eigenvalue weighted by molar-refractivity contribution is 0.126. The lowest BCUT2D eigenvalue weighted by atomic mass is 10.0. The van der Waals surface area contributed by atoms with Gasteiger partial charge in [-0.15, -0.1) is 0 Å². The average molecular weight is 253 g/mol. The Labute approximate surface area is 109 Å². The molecule has 0 saturated heterocycles. The Bertz CT molecular complexity index is 367. The van der Waals surface area contributed by atoms with Crippen LogP contribution in [-0.4, -0.2) is 29.6 Å². The van der Waals surface area contributed by atoms with E-state index in [1.165, 1.54) is 6.07 Å². The maximum absolute atomic E-state index is 13.5. The monoisotopic (exact) mass is 253 g/mol. The summed E-state index contributed by atoms with van der Waals surface area (Å²) in [5.41, 5.74) is 0.392. The normalized spacial score (nSPS) is 15.1. The first kappa shape index (κ1) is 15.1. The van der Waals surface area contributed by atoms with E-state index in [1.54, 1.807) is 18.2 Å². The molecule has 1 aromatic carbocycles. The highest BCUT2D eigenvalue weighted by atomic mass is 19.1. The van der Waals surface area contributed by atoms with Gasteiger partial charge in [0.05, 0.1) is 6.10 Å². The quantitative estimate of drug-likeness (QED) is 0.841. The Hall–Kier alpha value is -0.930. The number of halogens is 1. The van der Waals surface area contributed by atoms with E-state index in [-0.39, 0.29) is 5.82 Å². The topological polar surface area (TPSA) is 23.5 Å². The first-order valence-corrected chi connectivity index (χ1v) is 6.56. The molecule has 2 atom stereocenters. The lowest BCUT2D eigenvalue weighted by Gasteiger charge is -2.28. The molecule has 1 rings (SSSR count). The maximum Gasteiger partial charge on any atom is 0.128 e. The van der Waals surface area contributed by atoms with E-state index in [9.17, 15) is 9.50 Å². The number of nitrogens with zero attached hydrogens (tertiary/aromatic N) is 1. The maximum atomic E-state index is 13.5. The van der Waals surface area contributed by atoms with Crippen LogP contribution in [0.2, 0.25) is 0 Å². The molecule has 0 aromatic heterocycles. The van der Waals surface area contributed by atoms with Gasteiger partial charge in [-0.25, -0.2) is 4.39 Å². The molecule has 3 heteroatoms. The number of benzene rings is 1. The predicted molar refractivity (Wildman–Crippen MR) is 72.9 cm³/mol. The zero-order valence-corrected chi connectivity index (χ0v) is 11.7. The molecule has 0 saturated carbocycles. The summed E-state index contributed by atoms with van der Waals surface area (Å²) in [6.45, 7) is 7.28. The fourth-order valence-corrected chi connectivity index (χ4v) is 1.94. The van der Waals surface area contributed by atoms with E-state index in [0.29, 0.717) is 23.9 Å². The van der Waals surface area contributed by atoms with Crippen LogP contribution in [0.1, 0.15) is 38.9 Å². The molecule has 0 fully saturated rings. The summed E-state index contributed by atoms with van der Waals surface area (Å²) in [6, 6.07) is 6.88. The first-order valence-electron chi connectivity index (χ1n) is 6.56. The van der Waals surface area contributed by atoms with Crippen molar-refractivity contribution < 1.29 is 9.50 Å². The summed E-state index contributed by atoms with van der Waals surface area (Å²) in [6.07, 6.45) is -0.179. The van der Waals surface area contributed by atoms with Crippen molar-refractivity contribution in [3.05, 3.63) is 35.6 Å². The number of rotatable bonds is 6. The van der Waals surface area contributed by atoms with Gasteiger partial charge in [-0.3, -0.25) is 0 Å². The van der Waals surface area contributed by atoms with Gasteiger partial charge in [0.15, 0.2) is 0 Å². The third kappa shape index (κ3) is 4.07. The molecule has 18 heavy (non-hydrogen) atoms. The standard InChI is InChI=1S/C15H24FNO/c1-11(2)12(3)17(4)10-9-15(18)13-7-5-6-8-14(13)16/h5-8,11-12,15,18H,9-10H2,1-4H3. The molecule has 0 aliphatic rings. The summed E-state index contributed by atoms with van der Waals surface area (Å²) in [5, 5.41) is 10.0. The van der Waals surface area contributed by atoms with Crippen molar-refractivity contribution in [3.63, 3.8) is 0 Å². The minimum Gasteiger partial charge on any atom is -0.388 e. The molecule has 1 N–H and O–H groups in total. The Balaban J connectivity index is 2.51. The number of aliphatic hydroxyl groups excluding tert-OH is 1. The van der Waals surface area contributed by atoms with Gasteiger partial charge in [0.1, 0.15) is 5.82 Å². The molecule has 0 amide bonds. The fraction of sp³-hybridized carbons (Fsp3) is 0.600. The average Bonchev–Trinajstić information content (AvgIpc) is 2.35. The van der Waals surface area contributed by atoms with Gasteiger partial charge in [0, 0.05) is 18.2 Å². The molecule has 0 bridgehead atoms. The van der Waals surface area contributed by atoms with Gasteiger partial charge >= 0.3 is 0 Å². The van der Waals surface area contributed by atoms with Crippen LogP contribution in [0.5, 0.6) is 0 Å². The minimum atomic E-state index is -0.729. The van der Waals surface area contributed by atoms with Crippen LogP contribution in [0.15, 0.2) is 24.3 Å². The van der Waals surface area contributed by atoms with Gasteiger partial charge in [0.25, 0.3) is 0 Å². The third-order valence-corrected chi connectivity index (χ3v) is 3.68. The highest BCUT2D eigenvalue weighted by molar-refractivity contribution is 5.19. The Morgan fingerprint density at radius 1 is 1.22 bits per heavy atom. The molecule has 0 aliphatic carbocycles. The number of aliphatic hydroxyl groups is 1. The van der Waals surface area contributed by atoms with Gasteiger partial charge in [0.2, 0.25) is 0 Å². The van der Waals surface area contributed by atoms with E-state index in [0.717, 1.165) is 6.54 Å². The summed E-state index contributed by atoms with van der Waals surface area (Å²) >= 11 is 0. The minimum absolute atomic E-state index is 0.329. The van der Waals surface area contributed by atoms with Crippen LogP contribution in [0.4, 0.5) is 4.39 Å². The fourth-order valence-electron chi connectivity index (χ4n) is 1.94. The van der Waals surface area contributed by atoms with Crippen molar-refractivity contribution in [2.75, 3.05) is 13.6 Å². The Morgan fingerprint density at radius 2 is 1.83 bits per heavy atom. The van der Waals surface area contributed by atoms with Gasteiger partial charge in [-0.2, -0.15) is 0 Å². The number of hydrogen-bond acceptors (Lipinski definition) is 2. The highest BCUT2D eigenvalue weighted by Crippen LogP contribution is 2.20. The third-order valence-electron chi connectivity index (χ3n) is 3.68. The zero-order chi connectivity index (χ0) is 13.7. The van der Waals surface area contributed by atoms with E-state index >= 15 is 0 Å². The second-order valence-electron chi connectivity index (χ2n) is 5.29. The van der Waals surface area contributed by atoms with Crippen molar-refractivity contribution in [2.45, 2.75) is 39.3 Å². The van der Waals surface area contributed by atoms with Crippen molar-refractivity contribution in [2.24, 2.45) is 5.92 Å². The number of hydrogen-bond donors (Lipinski definition) is 1. The molecule has 2 nitrogen and oxygen atoms in total. The van der Waals surface area contributed by atoms with Crippen molar-refractivity contribution in [3.8, 4) is 0 Å². The molecular weight excluding hydrogens is 229 g/mol. The van der Waals surface area contributed by atoms with E-state index in [2.05, 4.69) is 25.7 Å². The summed E-state index contributed by atoms with van der Waals surface area (Å²) in [5.74, 6) is 0.241. The summed E-state index contributed by atoms with van der Waals surface area (Å²) < 4.78 is 13.5. The van der Waals surface area contributed by atoms with Crippen molar-refractivity contribution in [1.82, 2.24) is 4.90 Å². The van der Waals surface area contributed by atoms with Crippen LogP contribution in [0.3, 0.4) is 0 Å². The smallest absolute Gasteiger partial charge is 0.128 e. The molecule has 1 aromatic rings. The predicted octanol–water partition coefficient (Wildman–Crippen LogP) is 3.23. The van der Waals surface area contributed by atoms with E-state index in [1.807, 2.05) is 7.05 Å². The Kier molecular flexibility index (Phi) is 5.76. The lowest BCUT2D eigenvalue weighted by Crippen LogP contribution is -2.34. The van der Waals surface area contributed by atoms with E-state index in [4.69, 9.17) is 0 Å². The van der Waals surface area contributed by atoms with Crippen molar-refractivity contribution >= 4 is 0 Å². The second kappa shape index (κ2) is 6.86. The van der Waals surface area contributed by atoms with Crippen LogP contribution in [0.25, 0.3) is 0 Å². The van der Waals surface area contributed by atoms with E-state index < -0.39 is 6.10 Å². The zero-order valence-electron chi connectivity index (χ0n) is 11.7. The second-order valence-corrected chi connectivity index (χ2v) is 5.29. The molecule has 0 aliphatic heterocycles. The molecule has 0 heterocycles. The van der Waals surface area contributed by atoms with Crippen LogP contribution in [0, 0.1) is 11.7 Å². The van der Waals surface area contributed by atoms with Gasteiger partial charge in [-0.1, -0.05) is 32.0 Å².